The Morgan fingerprint density at radius 3 is 2.63 bits per heavy atom. The van der Waals surface area contributed by atoms with E-state index >= 15 is 0 Å². The summed E-state index contributed by atoms with van der Waals surface area (Å²) < 4.78 is 5.08. The number of amides is 1. The molecule has 0 saturated carbocycles. The molecule has 1 aromatic rings. The Kier molecular flexibility index (Phi) is 7.05. The average Bonchev–Trinajstić information content (AvgIpc) is 2.35. The van der Waals surface area contributed by atoms with Crippen molar-refractivity contribution in [1.29, 1.82) is 0 Å². The van der Waals surface area contributed by atoms with E-state index in [0.29, 0.717) is 11.7 Å². The van der Waals surface area contributed by atoms with E-state index < -0.39 is 0 Å². The highest BCUT2D eigenvalue weighted by Crippen LogP contribution is 2.20. The third-order valence-electron chi connectivity index (χ3n) is 2.88. The lowest BCUT2D eigenvalue weighted by molar-refractivity contribution is -0.118. The Morgan fingerprint density at radius 2 is 2.11 bits per heavy atom. The first-order valence-electron chi connectivity index (χ1n) is 6.02. The Balaban J connectivity index is 0.00000180. The summed E-state index contributed by atoms with van der Waals surface area (Å²) in [6.07, 6.45) is 0. The SMILES string of the molecule is COc1ccc(SCC(=O)NCC2CNC2)cc1.Cl. The van der Waals surface area contributed by atoms with Crippen LogP contribution < -0.4 is 15.4 Å². The van der Waals surface area contributed by atoms with E-state index in [1.807, 2.05) is 24.3 Å². The van der Waals surface area contributed by atoms with Gasteiger partial charge in [0, 0.05) is 30.4 Å². The molecule has 6 heteroatoms. The maximum atomic E-state index is 11.6. The van der Waals surface area contributed by atoms with Crippen molar-refractivity contribution in [1.82, 2.24) is 10.6 Å². The molecule has 1 saturated heterocycles. The summed E-state index contributed by atoms with van der Waals surface area (Å²) in [6.45, 7) is 2.83. The molecule has 0 bridgehead atoms. The minimum Gasteiger partial charge on any atom is -0.497 e. The van der Waals surface area contributed by atoms with Crippen LogP contribution in [0.4, 0.5) is 0 Å². The third kappa shape index (κ3) is 5.30. The summed E-state index contributed by atoms with van der Waals surface area (Å²) in [5.74, 6) is 2.01. The van der Waals surface area contributed by atoms with Gasteiger partial charge in [-0.1, -0.05) is 0 Å². The molecule has 0 unspecified atom stereocenters. The van der Waals surface area contributed by atoms with Gasteiger partial charge in [0.2, 0.25) is 5.91 Å². The standard InChI is InChI=1S/C13H18N2O2S.ClH/c1-17-11-2-4-12(5-3-11)18-9-13(16)15-8-10-6-14-7-10;/h2-5,10,14H,6-9H2,1H3,(H,15,16);1H. The summed E-state index contributed by atoms with van der Waals surface area (Å²) in [5, 5.41) is 6.14. The van der Waals surface area contributed by atoms with Gasteiger partial charge in [-0.25, -0.2) is 0 Å². The van der Waals surface area contributed by atoms with Crippen LogP contribution in [0.15, 0.2) is 29.2 Å². The first-order chi connectivity index (χ1) is 8.78. The molecule has 1 fully saturated rings. The molecule has 0 aromatic heterocycles. The summed E-state index contributed by atoms with van der Waals surface area (Å²) in [7, 11) is 1.64. The molecular formula is C13H19ClN2O2S. The molecule has 0 atom stereocenters. The zero-order chi connectivity index (χ0) is 12.8. The fourth-order valence-electron chi connectivity index (χ4n) is 1.62. The highest BCUT2D eigenvalue weighted by Gasteiger charge is 2.16. The number of ether oxygens (including phenoxy) is 1. The minimum atomic E-state index is 0. The van der Waals surface area contributed by atoms with Crippen molar-refractivity contribution in [2.45, 2.75) is 4.90 Å². The van der Waals surface area contributed by atoms with E-state index in [4.69, 9.17) is 4.74 Å². The van der Waals surface area contributed by atoms with Crippen molar-refractivity contribution in [2.24, 2.45) is 5.92 Å². The Hall–Kier alpha value is -0.910. The molecule has 0 aliphatic carbocycles. The molecule has 0 radical (unpaired) electrons. The van der Waals surface area contributed by atoms with Gasteiger partial charge in [-0.2, -0.15) is 0 Å². The van der Waals surface area contributed by atoms with Crippen molar-refractivity contribution in [3.63, 3.8) is 0 Å². The molecule has 4 nitrogen and oxygen atoms in total. The zero-order valence-electron chi connectivity index (χ0n) is 10.8. The number of rotatable bonds is 6. The van der Waals surface area contributed by atoms with Gasteiger partial charge in [-0.15, -0.1) is 24.2 Å². The first kappa shape index (κ1) is 16.1. The van der Waals surface area contributed by atoms with Crippen LogP contribution in [0.3, 0.4) is 0 Å². The number of benzene rings is 1. The normalized spacial score (nSPS) is 14.2. The lowest BCUT2D eigenvalue weighted by atomic mass is 10.0. The number of carbonyl (C=O) groups excluding carboxylic acids is 1. The monoisotopic (exact) mass is 302 g/mol. The summed E-state index contributed by atoms with van der Waals surface area (Å²) in [6, 6.07) is 7.74. The maximum absolute atomic E-state index is 11.6. The molecule has 19 heavy (non-hydrogen) atoms. The quantitative estimate of drug-likeness (QED) is 0.783. The fourth-order valence-corrected chi connectivity index (χ4v) is 2.35. The van der Waals surface area contributed by atoms with Crippen LogP contribution in [-0.4, -0.2) is 38.4 Å². The molecule has 1 aliphatic heterocycles. The lowest BCUT2D eigenvalue weighted by Crippen LogP contribution is -2.48. The maximum Gasteiger partial charge on any atom is 0.230 e. The molecule has 1 aliphatic rings. The number of halogens is 1. The Morgan fingerprint density at radius 1 is 1.42 bits per heavy atom. The van der Waals surface area contributed by atoms with Gasteiger partial charge < -0.3 is 15.4 Å². The fraction of sp³-hybridized carbons (Fsp3) is 0.462. The van der Waals surface area contributed by atoms with E-state index in [-0.39, 0.29) is 18.3 Å². The third-order valence-corrected chi connectivity index (χ3v) is 3.90. The van der Waals surface area contributed by atoms with Crippen LogP contribution in [0.1, 0.15) is 0 Å². The van der Waals surface area contributed by atoms with Gasteiger partial charge in [0.1, 0.15) is 5.75 Å². The first-order valence-corrected chi connectivity index (χ1v) is 7.01. The average molecular weight is 303 g/mol. The second-order valence-electron chi connectivity index (χ2n) is 4.29. The number of carbonyl (C=O) groups is 1. The number of thioether (sulfide) groups is 1. The molecular weight excluding hydrogens is 284 g/mol. The number of methoxy groups -OCH3 is 1. The van der Waals surface area contributed by atoms with Crippen LogP contribution in [0.5, 0.6) is 5.75 Å². The number of hydrogen-bond donors (Lipinski definition) is 2. The minimum absolute atomic E-state index is 0. The zero-order valence-corrected chi connectivity index (χ0v) is 12.5. The van der Waals surface area contributed by atoms with Crippen LogP contribution in [0, 0.1) is 5.92 Å². The Bertz CT molecular complexity index is 396. The van der Waals surface area contributed by atoms with Crippen molar-refractivity contribution >= 4 is 30.1 Å². The predicted molar refractivity (Wildman–Crippen MR) is 80.3 cm³/mol. The summed E-state index contributed by atoms with van der Waals surface area (Å²) in [4.78, 5) is 12.7. The van der Waals surface area contributed by atoms with Gasteiger partial charge >= 0.3 is 0 Å². The van der Waals surface area contributed by atoms with Gasteiger partial charge in [0.15, 0.2) is 0 Å². The molecule has 1 aromatic carbocycles. The lowest BCUT2D eigenvalue weighted by Gasteiger charge is -2.27. The summed E-state index contributed by atoms with van der Waals surface area (Å²) >= 11 is 1.54. The van der Waals surface area contributed by atoms with Gasteiger partial charge in [-0.3, -0.25) is 4.79 Å². The van der Waals surface area contributed by atoms with Crippen LogP contribution in [0.25, 0.3) is 0 Å². The van der Waals surface area contributed by atoms with E-state index in [1.54, 1.807) is 18.9 Å². The highest BCUT2D eigenvalue weighted by atomic mass is 35.5. The molecule has 1 heterocycles. The second-order valence-corrected chi connectivity index (χ2v) is 5.34. The van der Waals surface area contributed by atoms with Gasteiger partial charge in [-0.05, 0) is 24.3 Å². The van der Waals surface area contributed by atoms with Crippen molar-refractivity contribution in [3.05, 3.63) is 24.3 Å². The van der Waals surface area contributed by atoms with Crippen molar-refractivity contribution in [3.8, 4) is 5.75 Å². The van der Waals surface area contributed by atoms with E-state index in [0.717, 1.165) is 30.3 Å². The van der Waals surface area contributed by atoms with E-state index in [9.17, 15) is 4.79 Å². The van der Waals surface area contributed by atoms with Gasteiger partial charge in [0.05, 0.1) is 12.9 Å². The summed E-state index contributed by atoms with van der Waals surface area (Å²) in [5.41, 5.74) is 0. The largest absolute Gasteiger partial charge is 0.497 e. The van der Waals surface area contributed by atoms with E-state index in [2.05, 4.69) is 10.6 Å². The molecule has 2 N–H and O–H groups in total. The van der Waals surface area contributed by atoms with Crippen LogP contribution >= 0.6 is 24.2 Å². The number of hydrogen-bond acceptors (Lipinski definition) is 4. The van der Waals surface area contributed by atoms with Crippen molar-refractivity contribution < 1.29 is 9.53 Å². The predicted octanol–water partition coefficient (Wildman–Crippen LogP) is 1.54. The second kappa shape index (κ2) is 8.30. The van der Waals surface area contributed by atoms with Gasteiger partial charge in [0.25, 0.3) is 0 Å². The number of nitrogens with one attached hydrogen (secondary N) is 2. The highest BCUT2D eigenvalue weighted by molar-refractivity contribution is 8.00. The van der Waals surface area contributed by atoms with Crippen molar-refractivity contribution in [2.75, 3.05) is 32.5 Å². The molecule has 1 amide bonds. The van der Waals surface area contributed by atoms with Crippen LogP contribution in [-0.2, 0) is 4.79 Å². The molecule has 106 valence electrons. The Labute approximate surface area is 124 Å². The van der Waals surface area contributed by atoms with E-state index in [1.165, 1.54) is 0 Å². The molecule has 2 rings (SSSR count). The topological polar surface area (TPSA) is 50.4 Å². The smallest absolute Gasteiger partial charge is 0.230 e. The van der Waals surface area contributed by atoms with Crippen LogP contribution in [0.2, 0.25) is 0 Å². The molecule has 0 spiro atoms.